The lowest BCUT2D eigenvalue weighted by Crippen LogP contribution is -2.62. The molecule has 0 spiro atoms. The largest absolute Gasteiger partial charge is 0.456 e. The molecule has 0 aromatic heterocycles. The fourth-order valence-electron chi connectivity index (χ4n) is 2.17. The fraction of sp³-hybridized carbons (Fsp3) is 0.769. The Kier molecular flexibility index (Phi) is 7.49. The minimum absolute atomic E-state index is 0.458. The number of carbonyl (C=O) groups is 3. The number of halogens is 1. The van der Waals surface area contributed by atoms with Gasteiger partial charge in [0.1, 0.15) is 6.10 Å². The number of carbonyl (C=O) groups excluding carboxylic acids is 3. The normalized spacial score (nSPS) is 31.2. The van der Waals surface area contributed by atoms with E-state index in [9.17, 15) is 14.4 Å². The van der Waals surface area contributed by atoms with Gasteiger partial charge in [-0.05, 0) is 0 Å². The van der Waals surface area contributed by atoms with Gasteiger partial charge in [-0.2, -0.15) is 0 Å². The van der Waals surface area contributed by atoms with Crippen LogP contribution in [0, 0.1) is 0 Å². The van der Waals surface area contributed by atoms with Crippen molar-refractivity contribution in [3.8, 4) is 0 Å². The van der Waals surface area contributed by atoms with E-state index in [-0.39, 0.29) is 0 Å². The van der Waals surface area contributed by atoms with E-state index < -0.39 is 48.6 Å². The van der Waals surface area contributed by atoms with Gasteiger partial charge in [-0.3, -0.25) is 14.4 Å². The highest BCUT2D eigenvalue weighted by Crippen LogP contribution is 2.30. The van der Waals surface area contributed by atoms with Gasteiger partial charge in [-0.15, -0.1) is 0 Å². The van der Waals surface area contributed by atoms with Crippen molar-refractivity contribution in [2.45, 2.75) is 51.5 Å². The first kappa shape index (κ1) is 19.1. The maximum atomic E-state index is 11.4. The topological polar surface area (TPSA) is 97.4 Å². The van der Waals surface area contributed by atoms with Gasteiger partial charge in [-0.1, -0.05) is 22.6 Å². The van der Waals surface area contributed by atoms with E-state index in [0.717, 1.165) is 0 Å². The summed E-state index contributed by atoms with van der Waals surface area (Å²) in [6.45, 7) is 3.66. The van der Waals surface area contributed by atoms with E-state index in [4.69, 9.17) is 23.7 Å². The highest BCUT2D eigenvalue weighted by atomic mass is 127. The predicted molar refractivity (Wildman–Crippen MR) is 81.2 cm³/mol. The molecule has 1 aliphatic rings. The van der Waals surface area contributed by atoms with Crippen molar-refractivity contribution in [1.82, 2.24) is 0 Å². The molecule has 0 aliphatic carbocycles. The third-order valence-electron chi connectivity index (χ3n) is 2.88. The zero-order chi connectivity index (χ0) is 16.9. The van der Waals surface area contributed by atoms with E-state index in [2.05, 4.69) is 22.6 Å². The van der Waals surface area contributed by atoms with Gasteiger partial charge in [-0.25, -0.2) is 0 Å². The first-order valence-corrected chi connectivity index (χ1v) is 8.08. The number of alkyl halides is 1. The number of esters is 3. The van der Waals surface area contributed by atoms with Crippen LogP contribution in [0.25, 0.3) is 0 Å². The summed E-state index contributed by atoms with van der Waals surface area (Å²) < 4.78 is 26.9. The first-order valence-electron chi connectivity index (χ1n) is 6.56. The maximum Gasteiger partial charge on any atom is 0.303 e. The van der Waals surface area contributed by atoms with Crippen LogP contribution in [0.3, 0.4) is 0 Å². The number of hydrogen-bond donors (Lipinski definition) is 0. The molecule has 0 unspecified atom stereocenters. The summed E-state index contributed by atoms with van der Waals surface area (Å²) in [6.07, 6.45) is -4.43. The van der Waals surface area contributed by atoms with Crippen LogP contribution in [0.2, 0.25) is 0 Å². The smallest absolute Gasteiger partial charge is 0.303 e. The van der Waals surface area contributed by atoms with Gasteiger partial charge in [0.25, 0.3) is 0 Å². The molecule has 1 fully saturated rings. The Balaban J connectivity index is 3.14. The van der Waals surface area contributed by atoms with Crippen molar-refractivity contribution in [2.75, 3.05) is 11.5 Å². The molecule has 5 atom stereocenters. The molecule has 0 aromatic carbocycles. The molecule has 1 saturated heterocycles. The Morgan fingerprint density at radius 3 is 1.77 bits per heavy atom. The number of ether oxygens (including phenoxy) is 5. The molecular weight excluding hydrogens is 411 g/mol. The van der Waals surface area contributed by atoms with E-state index >= 15 is 0 Å². The summed E-state index contributed by atoms with van der Waals surface area (Å²) >= 11 is 2.05. The van der Waals surface area contributed by atoms with Gasteiger partial charge in [0.2, 0.25) is 0 Å². The Bertz CT molecular complexity index is 396. The monoisotopic (exact) mass is 430 g/mol. The molecule has 0 radical (unpaired) electrons. The summed E-state index contributed by atoms with van der Waals surface area (Å²) in [7, 11) is 1.38. The second-order valence-electron chi connectivity index (χ2n) is 4.66. The Labute approximate surface area is 141 Å². The third-order valence-corrected chi connectivity index (χ3v) is 3.75. The summed E-state index contributed by atoms with van der Waals surface area (Å²) in [5, 5.41) is 0. The summed E-state index contributed by atoms with van der Waals surface area (Å²) in [4.78, 5) is 34.0. The molecule has 126 valence electrons. The van der Waals surface area contributed by atoms with Crippen molar-refractivity contribution in [3.05, 3.63) is 0 Å². The molecule has 22 heavy (non-hydrogen) atoms. The summed E-state index contributed by atoms with van der Waals surface area (Å²) in [5.41, 5.74) is 0. The van der Waals surface area contributed by atoms with Crippen molar-refractivity contribution >= 4 is 40.5 Å². The van der Waals surface area contributed by atoms with E-state index in [1.807, 2.05) is 0 Å². The lowest BCUT2D eigenvalue weighted by Gasteiger charge is -2.43. The second kappa shape index (κ2) is 8.63. The lowest BCUT2D eigenvalue weighted by atomic mass is 9.99. The van der Waals surface area contributed by atoms with Gasteiger partial charge in [0.05, 0.1) is 0 Å². The average Bonchev–Trinajstić information content (AvgIpc) is 2.41. The zero-order valence-electron chi connectivity index (χ0n) is 12.7. The van der Waals surface area contributed by atoms with Crippen molar-refractivity contribution in [2.24, 2.45) is 0 Å². The van der Waals surface area contributed by atoms with Crippen LogP contribution in [0.5, 0.6) is 0 Å². The SMILES string of the molecule is CO[C@H]1O[C@H](CI)[C@@H](OC(C)=O)[C@@H](OC(C)=O)[C@H]1OC(C)=O. The van der Waals surface area contributed by atoms with Gasteiger partial charge in [0, 0.05) is 32.3 Å². The Morgan fingerprint density at radius 1 is 0.909 bits per heavy atom. The maximum absolute atomic E-state index is 11.4. The summed E-state index contributed by atoms with van der Waals surface area (Å²) in [6, 6.07) is 0. The number of rotatable bonds is 5. The van der Waals surface area contributed by atoms with Crippen LogP contribution >= 0.6 is 22.6 Å². The lowest BCUT2D eigenvalue weighted by molar-refractivity contribution is -0.293. The molecule has 8 nitrogen and oxygen atoms in total. The molecule has 1 rings (SSSR count). The quantitative estimate of drug-likeness (QED) is 0.271. The first-order chi connectivity index (χ1) is 10.3. The molecule has 0 saturated carbocycles. The molecule has 1 aliphatic heterocycles. The van der Waals surface area contributed by atoms with Crippen molar-refractivity contribution in [1.29, 1.82) is 0 Å². The molecule has 0 amide bonds. The molecule has 9 heteroatoms. The second-order valence-corrected chi connectivity index (χ2v) is 5.54. The minimum Gasteiger partial charge on any atom is -0.456 e. The number of methoxy groups -OCH3 is 1. The minimum atomic E-state index is -1.03. The van der Waals surface area contributed by atoms with Crippen LogP contribution in [-0.2, 0) is 38.1 Å². The molecule has 0 bridgehead atoms. The molecule has 0 N–H and O–H groups in total. The Hall–Kier alpha value is -0.940. The van der Waals surface area contributed by atoms with Crippen LogP contribution < -0.4 is 0 Å². The predicted octanol–water partition coefficient (Wildman–Crippen LogP) is 0.588. The van der Waals surface area contributed by atoms with Gasteiger partial charge in [0.15, 0.2) is 24.6 Å². The third kappa shape index (κ3) is 5.06. The summed E-state index contributed by atoms with van der Waals surface area (Å²) in [5.74, 6) is -1.75. The standard InChI is InChI=1S/C13H19IO8/c1-6(15)19-10-9(5-14)22-13(18-4)12(21-8(3)17)11(10)20-7(2)16/h9-13H,5H2,1-4H3/t9-,10-,11-,12-,13+/m1/s1. The van der Waals surface area contributed by atoms with Crippen molar-refractivity contribution < 1.29 is 38.1 Å². The zero-order valence-corrected chi connectivity index (χ0v) is 14.9. The Morgan fingerprint density at radius 2 is 1.36 bits per heavy atom. The molecule has 1 heterocycles. The fourth-order valence-corrected chi connectivity index (χ4v) is 2.88. The van der Waals surface area contributed by atoms with Crippen molar-refractivity contribution in [3.63, 3.8) is 0 Å². The van der Waals surface area contributed by atoms with Gasteiger partial charge >= 0.3 is 17.9 Å². The van der Waals surface area contributed by atoms with E-state index in [1.165, 1.54) is 27.9 Å². The molecular formula is C13H19IO8. The highest BCUT2D eigenvalue weighted by molar-refractivity contribution is 14.1. The van der Waals surface area contributed by atoms with E-state index in [0.29, 0.717) is 4.43 Å². The average molecular weight is 430 g/mol. The highest BCUT2D eigenvalue weighted by Gasteiger charge is 2.51. The van der Waals surface area contributed by atoms with Crippen LogP contribution in [0.15, 0.2) is 0 Å². The van der Waals surface area contributed by atoms with Crippen LogP contribution in [0.1, 0.15) is 20.8 Å². The van der Waals surface area contributed by atoms with Gasteiger partial charge < -0.3 is 23.7 Å². The number of hydrogen-bond acceptors (Lipinski definition) is 8. The molecule has 0 aromatic rings. The van der Waals surface area contributed by atoms with Crippen LogP contribution in [0.4, 0.5) is 0 Å². The van der Waals surface area contributed by atoms with Crippen LogP contribution in [-0.4, -0.2) is 60.2 Å². The van der Waals surface area contributed by atoms with E-state index in [1.54, 1.807) is 0 Å².